The molecule has 23 heavy (non-hydrogen) atoms. The highest BCUT2D eigenvalue weighted by Crippen LogP contribution is 2.40. The Morgan fingerprint density at radius 3 is 2.57 bits per heavy atom. The lowest BCUT2D eigenvalue weighted by Gasteiger charge is -2.51. The molecular weight excluding hydrogens is 292 g/mol. The maximum Gasteiger partial charge on any atom is 0.411 e. The summed E-state index contributed by atoms with van der Waals surface area (Å²) in [5, 5.41) is 0. The van der Waals surface area contributed by atoms with E-state index in [9.17, 15) is 9.59 Å². The van der Waals surface area contributed by atoms with Gasteiger partial charge in [-0.1, -0.05) is 30.3 Å². The number of benzene rings is 1. The third-order valence-corrected chi connectivity index (χ3v) is 4.46. The number of hydrogen-bond acceptors (Lipinski definition) is 3. The van der Waals surface area contributed by atoms with Crippen LogP contribution in [0.15, 0.2) is 30.3 Å². The molecule has 0 aromatic heterocycles. The van der Waals surface area contributed by atoms with Crippen LogP contribution >= 0.6 is 0 Å². The van der Waals surface area contributed by atoms with Gasteiger partial charge in [0.1, 0.15) is 11.1 Å². The molecule has 2 aliphatic rings. The Labute approximate surface area is 137 Å². The van der Waals surface area contributed by atoms with Crippen molar-refractivity contribution in [3.8, 4) is 0 Å². The summed E-state index contributed by atoms with van der Waals surface area (Å²) >= 11 is 0. The molecule has 1 atom stereocenters. The lowest BCUT2D eigenvalue weighted by atomic mass is 9.85. The number of carbonyl (C=O) groups is 2. The number of amides is 2. The zero-order valence-electron chi connectivity index (χ0n) is 14.0. The number of carbonyl (C=O) groups excluding carboxylic acids is 2. The summed E-state index contributed by atoms with van der Waals surface area (Å²) in [7, 11) is 0. The minimum atomic E-state index is -0.670. The fourth-order valence-corrected chi connectivity index (χ4v) is 3.44. The van der Waals surface area contributed by atoms with Crippen molar-refractivity contribution in [3.63, 3.8) is 0 Å². The minimum absolute atomic E-state index is 0.0460. The van der Waals surface area contributed by atoms with Crippen LogP contribution in [0.2, 0.25) is 0 Å². The number of β-lactam (4-membered cyclic amide) rings is 1. The SMILES string of the molecule is CC(C)(C)OC(=O)N1CCC[C@]12CN(Cc1ccccc1)C2=O. The van der Waals surface area contributed by atoms with E-state index >= 15 is 0 Å². The number of likely N-dealkylation sites (tertiary alicyclic amines) is 2. The van der Waals surface area contributed by atoms with Crippen LogP contribution in [-0.2, 0) is 16.1 Å². The van der Waals surface area contributed by atoms with Gasteiger partial charge in [-0.25, -0.2) is 4.79 Å². The summed E-state index contributed by atoms with van der Waals surface area (Å²) in [6.45, 7) is 7.33. The molecule has 2 fully saturated rings. The average Bonchev–Trinajstić information content (AvgIpc) is 2.93. The van der Waals surface area contributed by atoms with Crippen molar-refractivity contribution < 1.29 is 14.3 Å². The van der Waals surface area contributed by atoms with Gasteiger partial charge in [0, 0.05) is 13.1 Å². The van der Waals surface area contributed by atoms with Crippen molar-refractivity contribution in [1.29, 1.82) is 0 Å². The first-order valence-electron chi connectivity index (χ1n) is 8.16. The van der Waals surface area contributed by atoms with Crippen molar-refractivity contribution in [2.45, 2.75) is 51.3 Å². The molecule has 2 saturated heterocycles. The minimum Gasteiger partial charge on any atom is -0.444 e. The summed E-state index contributed by atoms with van der Waals surface area (Å²) in [6, 6.07) is 9.93. The molecule has 3 rings (SSSR count). The van der Waals surface area contributed by atoms with Crippen LogP contribution < -0.4 is 0 Å². The van der Waals surface area contributed by atoms with Crippen LogP contribution in [0.1, 0.15) is 39.2 Å². The lowest BCUT2D eigenvalue weighted by Crippen LogP contribution is -2.72. The van der Waals surface area contributed by atoms with Gasteiger partial charge < -0.3 is 9.64 Å². The van der Waals surface area contributed by atoms with Crippen molar-refractivity contribution in [3.05, 3.63) is 35.9 Å². The molecule has 124 valence electrons. The van der Waals surface area contributed by atoms with E-state index in [0.29, 0.717) is 19.6 Å². The second-order valence-electron chi connectivity index (χ2n) is 7.41. The van der Waals surface area contributed by atoms with Gasteiger partial charge in [0.2, 0.25) is 0 Å². The predicted octanol–water partition coefficient (Wildman–Crippen LogP) is 2.80. The van der Waals surface area contributed by atoms with Crippen molar-refractivity contribution in [2.75, 3.05) is 13.1 Å². The fraction of sp³-hybridized carbons (Fsp3) is 0.556. The van der Waals surface area contributed by atoms with Crippen molar-refractivity contribution in [1.82, 2.24) is 9.80 Å². The van der Waals surface area contributed by atoms with E-state index in [4.69, 9.17) is 4.74 Å². The number of rotatable bonds is 2. The molecule has 0 N–H and O–H groups in total. The largest absolute Gasteiger partial charge is 0.444 e. The van der Waals surface area contributed by atoms with E-state index in [1.807, 2.05) is 56.0 Å². The van der Waals surface area contributed by atoms with Gasteiger partial charge in [-0.2, -0.15) is 0 Å². The van der Waals surface area contributed by atoms with Crippen LogP contribution in [0.5, 0.6) is 0 Å². The highest BCUT2D eigenvalue weighted by Gasteiger charge is 2.60. The first-order chi connectivity index (χ1) is 10.8. The molecule has 2 amide bonds. The Balaban J connectivity index is 1.68. The molecular formula is C18H24N2O3. The van der Waals surface area contributed by atoms with Gasteiger partial charge in [0.05, 0.1) is 6.54 Å². The Morgan fingerprint density at radius 2 is 1.96 bits per heavy atom. The Morgan fingerprint density at radius 1 is 1.26 bits per heavy atom. The second kappa shape index (κ2) is 5.55. The highest BCUT2D eigenvalue weighted by molar-refractivity contribution is 5.96. The molecule has 0 aliphatic carbocycles. The van der Waals surface area contributed by atoms with E-state index in [1.165, 1.54) is 0 Å². The molecule has 0 saturated carbocycles. The maximum atomic E-state index is 12.7. The van der Waals surface area contributed by atoms with Crippen LogP contribution in [-0.4, -0.2) is 46.0 Å². The van der Waals surface area contributed by atoms with Crippen LogP contribution in [0, 0.1) is 0 Å². The molecule has 0 bridgehead atoms. The van der Waals surface area contributed by atoms with Crippen LogP contribution in [0.3, 0.4) is 0 Å². The molecule has 5 nitrogen and oxygen atoms in total. The monoisotopic (exact) mass is 316 g/mol. The van der Waals surface area contributed by atoms with E-state index in [1.54, 1.807) is 4.90 Å². The topological polar surface area (TPSA) is 49.9 Å². The first kappa shape index (κ1) is 15.8. The van der Waals surface area contributed by atoms with Crippen molar-refractivity contribution >= 4 is 12.0 Å². The lowest BCUT2D eigenvalue weighted by molar-refractivity contribution is -0.161. The Hall–Kier alpha value is -2.04. The standard InChI is InChI=1S/C18H24N2O3/c1-17(2,3)23-16(22)20-11-7-10-18(20)13-19(15(18)21)12-14-8-5-4-6-9-14/h4-6,8-9H,7,10-13H2,1-3H3/t18-/m1/s1. The highest BCUT2D eigenvalue weighted by atomic mass is 16.6. The quantitative estimate of drug-likeness (QED) is 0.788. The molecule has 2 heterocycles. The molecule has 1 aromatic rings. The Bertz CT molecular complexity index is 608. The summed E-state index contributed by atoms with van der Waals surface area (Å²) < 4.78 is 5.47. The molecule has 5 heteroatoms. The normalized spacial score (nSPS) is 24.0. The average molecular weight is 316 g/mol. The number of ether oxygens (including phenoxy) is 1. The second-order valence-corrected chi connectivity index (χ2v) is 7.41. The Kier molecular flexibility index (Phi) is 3.82. The van der Waals surface area contributed by atoms with E-state index in [2.05, 4.69) is 0 Å². The van der Waals surface area contributed by atoms with Gasteiger partial charge in [-0.15, -0.1) is 0 Å². The molecule has 2 aliphatic heterocycles. The smallest absolute Gasteiger partial charge is 0.411 e. The molecule has 1 spiro atoms. The third-order valence-electron chi connectivity index (χ3n) is 4.46. The van der Waals surface area contributed by atoms with Gasteiger partial charge >= 0.3 is 6.09 Å². The van der Waals surface area contributed by atoms with Crippen LogP contribution in [0.25, 0.3) is 0 Å². The van der Waals surface area contributed by atoms with E-state index < -0.39 is 11.1 Å². The zero-order chi connectivity index (χ0) is 16.7. The zero-order valence-corrected chi connectivity index (χ0v) is 14.0. The third kappa shape index (κ3) is 2.92. The van der Waals surface area contributed by atoms with Crippen LogP contribution in [0.4, 0.5) is 4.79 Å². The number of nitrogens with zero attached hydrogens (tertiary/aromatic N) is 2. The van der Waals surface area contributed by atoms with E-state index in [0.717, 1.165) is 18.4 Å². The summed E-state index contributed by atoms with van der Waals surface area (Å²) in [4.78, 5) is 28.6. The summed E-state index contributed by atoms with van der Waals surface area (Å²) in [5.41, 5.74) is -0.105. The first-order valence-corrected chi connectivity index (χ1v) is 8.16. The van der Waals surface area contributed by atoms with Gasteiger partial charge in [-0.05, 0) is 39.2 Å². The fourth-order valence-electron chi connectivity index (χ4n) is 3.44. The number of hydrogen-bond donors (Lipinski definition) is 0. The van der Waals surface area contributed by atoms with E-state index in [-0.39, 0.29) is 12.0 Å². The van der Waals surface area contributed by atoms with Gasteiger partial charge in [0.15, 0.2) is 0 Å². The van der Waals surface area contributed by atoms with Gasteiger partial charge in [-0.3, -0.25) is 9.69 Å². The summed E-state index contributed by atoms with van der Waals surface area (Å²) in [6.07, 6.45) is 1.21. The van der Waals surface area contributed by atoms with Crippen molar-refractivity contribution in [2.24, 2.45) is 0 Å². The summed E-state index contributed by atoms with van der Waals surface area (Å²) in [5.74, 6) is 0.0460. The van der Waals surface area contributed by atoms with Gasteiger partial charge in [0.25, 0.3) is 5.91 Å². The molecule has 0 radical (unpaired) electrons. The molecule has 0 unspecified atom stereocenters. The predicted molar refractivity (Wildman–Crippen MR) is 86.8 cm³/mol. The molecule has 1 aromatic carbocycles. The maximum absolute atomic E-state index is 12.7.